The number of carbonyl (C=O) groups excluding carboxylic acids is 2. The summed E-state index contributed by atoms with van der Waals surface area (Å²) in [5.74, 6) is 0.0557. The Kier molecular flexibility index (Phi) is 6.76. The van der Waals surface area contributed by atoms with Crippen molar-refractivity contribution >= 4 is 11.9 Å². The second kappa shape index (κ2) is 10.2. The molecule has 3 aliphatic rings. The van der Waals surface area contributed by atoms with E-state index in [4.69, 9.17) is 4.74 Å². The predicted octanol–water partition coefficient (Wildman–Crippen LogP) is 5.83. The van der Waals surface area contributed by atoms with Crippen LogP contribution in [0.1, 0.15) is 56.3 Å². The molecular weight excluding hydrogens is 486 g/mol. The smallest absolute Gasteiger partial charge is 0.314 e. The van der Waals surface area contributed by atoms with Crippen LogP contribution in [0, 0.1) is 5.41 Å². The molecule has 1 spiro atoms. The van der Waals surface area contributed by atoms with E-state index in [9.17, 15) is 9.59 Å². The van der Waals surface area contributed by atoms with Gasteiger partial charge in [-0.05, 0) is 87.0 Å². The number of nitrogens with zero attached hydrogens (tertiary/aromatic N) is 3. The number of benzene rings is 2. The molecule has 2 aromatic carbocycles. The van der Waals surface area contributed by atoms with Crippen molar-refractivity contribution in [3.05, 3.63) is 78.6 Å². The largest absolute Gasteiger partial charge is 0.459 e. The van der Waals surface area contributed by atoms with E-state index in [1.165, 1.54) is 0 Å². The van der Waals surface area contributed by atoms with Gasteiger partial charge in [-0.3, -0.25) is 19.5 Å². The van der Waals surface area contributed by atoms with Crippen LogP contribution < -0.4 is 0 Å². The number of pyridine rings is 1. The van der Waals surface area contributed by atoms with E-state index in [1.807, 2.05) is 67.4 Å². The monoisotopic (exact) mass is 523 g/mol. The zero-order chi connectivity index (χ0) is 27.0. The predicted molar refractivity (Wildman–Crippen MR) is 152 cm³/mol. The van der Waals surface area contributed by atoms with Crippen molar-refractivity contribution in [3.63, 3.8) is 0 Å². The Hall–Kier alpha value is -3.51. The molecule has 0 bridgehead atoms. The molecule has 3 aromatic rings. The van der Waals surface area contributed by atoms with Crippen molar-refractivity contribution < 1.29 is 14.3 Å². The molecule has 1 amide bonds. The van der Waals surface area contributed by atoms with Gasteiger partial charge in [0.05, 0.1) is 5.41 Å². The number of hydrogen-bond acceptors (Lipinski definition) is 5. The van der Waals surface area contributed by atoms with Gasteiger partial charge in [0.1, 0.15) is 5.60 Å². The number of likely N-dealkylation sites (tertiary alicyclic amines) is 2. The number of aromatic nitrogens is 1. The van der Waals surface area contributed by atoms with Gasteiger partial charge in [-0.15, -0.1) is 0 Å². The van der Waals surface area contributed by atoms with Crippen LogP contribution in [0.4, 0.5) is 0 Å². The third-order valence-electron chi connectivity index (χ3n) is 8.72. The van der Waals surface area contributed by atoms with Crippen molar-refractivity contribution in [1.82, 2.24) is 14.8 Å². The quantitative estimate of drug-likeness (QED) is 0.403. The van der Waals surface area contributed by atoms with Gasteiger partial charge in [-0.25, -0.2) is 0 Å². The van der Waals surface area contributed by atoms with Crippen LogP contribution in [-0.2, 0) is 9.53 Å². The van der Waals surface area contributed by atoms with E-state index < -0.39 is 0 Å². The molecule has 4 heterocycles. The minimum absolute atomic E-state index is 0.0208. The first-order valence-electron chi connectivity index (χ1n) is 14.2. The van der Waals surface area contributed by atoms with Gasteiger partial charge >= 0.3 is 5.97 Å². The Morgan fingerprint density at radius 1 is 0.923 bits per heavy atom. The molecule has 0 N–H and O–H groups in total. The van der Waals surface area contributed by atoms with Crippen molar-refractivity contribution in [1.29, 1.82) is 0 Å². The summed E-state index contributed by atoms with van der Waals surface area (Å²) in [6.45, 7) is 7.29. The third kappa shape index (κ3) is 5.22. The van der Waals surface area contributed by atoms with E-state index in [2.05, 4.69) is 28.1 Å². The van der Waals surface area contributed by atoms with E-state index in [1.54, 1.807) is 6.20 Å². The number of cyclic esters (lactones) is 1. The highest BCUT2D eigenvalue weighted by Gasteiger charge is 2.54. The average molecular weight is 524 g/mol. The Morgan fingerprint density at radius 2 is 1.64 bits per heavy atom. The fourth-order valence-corrected chi connectivity index (χ4v) is 6.94. The number of carbonyl (C=O) groups is 2. The minimum atomic E-state index is -0.376. The highest BCUT2D eigenvalue weighted by Crippen LogP contribution is 2.46. The fourth-order valence-electron chi connectivity index (χ4n) is 6.94. The Morgan fingerprint density at radius 3 is 2.31 bits per heavy atom. The summed E-state index contributed by atoms with van der Waals surface area (Å²) in [6, 6.07) is 20.7. The van der Waals surface area contributed by atoms with Gasteiger partial charge < -0.3 is 9.64 Å². The maximum absolute atomic E-state index is 13.8. The summed E-state index contributed by atoms with van der Waals surface area (Å²) in [4.78, 5) is 35.4. The second-order valence-corrected chi connectivity index (χ2v) is 12.1. The molecule has 3 saturated heterocycles. The Labute approximate surface area is 231 Å². The lowest BCUT2D eigenvalue weighted by atomic mass is 9.74. The van der Waals surface area contributed by atoms with Crippen LogP contribution >= 0.6 is 0 Å². The lowest BCUT2D eigenvalue weighted by molar-refractivity contribution is -0.154. The molecule has 0 saturated carbocycles. The topological polar surface area (TPSA) is 62.7 Å². The molecule has 0 radical (unpaired) electrons. The van der Waals surface area contributed by atoms with Crippen molar-refractivity contribution in [3.8, 4) is 22.3 Å². The van der Waals surface area contributed by atoms with Gasteiger partial charge in [-0.1, -0.05) is 36.4 Å². The van der Waals surface area contributed by atoms with Crippen molar-refractivity contribution in [2.45, 2.75) is 57.6 Å². The molecule has 1 atom stereocenters. The van der Waals surface area contributed by atoms with Crippen LogP contribution in [0.3, 0.4) is 0 Å². The minimum Gasteiger partial charge on any atom is -0.459 e. The van der Waals surface area contributed by atoms with E-state index in [-0.39, 0.29) is 22.9 Å². The van der Waals surface area contributed by atoms with Crippen LogP contribution in [-0.4, -0.2) is 64.5 Å². The lowest BCUT2D eigenvalue weighted by Gasteiger charge is -2.44. The SMILES string of the molecule is CC1(C)CC2(CCCN(C3CCN(C(=O)c4cc(-c5ccccc5)cc(-c5cccnc5)c4)CC3)C2)C(=O)O1. The molecule has 3 aliphatic heterocycles. The summed E-state index contributed by atoms with van der Waals surface area (Å²) >= 11 is 0. The first-order chi connectivity index (χ1) is 18.8. The number of ether oxygens (including phenoxy) is 1. The van der Waals surface area contributed by atoms with Crippen molar-refractivity contribution in [2.75, 3.05) is 26.2 Å². The summed E-state index contributed by atoms with van der Waals surface area (Å²) in [5, 5.41) is 0. The fraction of sp³-hybridized carbons (Fsp3) is 0.424. The number of piperidine rings is 2. The zero-order valence-electron chi connectivity index (χ0n) is 22.9. The van der Waals surface area contributed by atoms with Crippen LogP contribution in [0.25, 0.3) is 22.3 Å². The van der Waals surface area contributed by atoms with E-state index >= 15 is 0 Å². The molecule has 6 heteroatoms. The van der Waals surface area contributed by atoms with E-state index in [0.717, 1.165) is 80.5 Å². The Bertz CT molecular complexity index is 1290. The summed E-state index contributed by atoms with van der Waals surface area (Å²) in [7, 11) is 0. The molecule has 1 unspecified atom stereocenters. The number of esters is 1. The number of hydrogen-bond donors (Lipinski definition) is 0. The highest BCUT2D eigenvalue weighted by atomic mass is 16.6. The van der Waals surface area contributed by atoms with Gasteiger partial charge in [0.25, 0.3) is 5.91 Å². The first kappa shape index (κ1) is 25.8. The first-order valence-corrected chi connectivity index (χ1v) is 14.2. The standard InChI is InChI=1S/C33H37N3O3/c1-32(2)22-33(31(38)39-32)13-7-15-36(23-33)29-11-16-35(17-12-29)30(37)28-19-26(24-8-4-3-5-9-24)18-27(20-28)25-10-6-14-34-21-25/h3-6,8-10,14,18-21,29H,7,11-13,15-17,22-23H2,1-2H3. The molecule has 6 nitrogen and oxygen atoms in total. The Balaban J connectivity index is 1.18. The zero-order valence-corrected chi connectivity index (χ0v) is 22.9. The summed E-state index contributed by atoms with van der Waals surface area (Å²) in [6.07, 6.45) is 8.19. The highest BCUT2D eigenvalue weighted by molar-refractivity contribution is 5.97. The average Bonchev–Trinajstić information content (AvgIpc) is 3.19. The summed E-state index contributed by atoms with van der Waals surface area (Å²) in [5.41, 5.74) is 4.07. The third-order valence-corrected chi connectivity index (χ3v) is 8.72. The van der Waals surface area contributed by atoms with Gasteiger partial charge in [0.15, 0.2) is 0 Å². The molecule has 0 aliphatic carbocycles. The second-order valence-electron chi connectivity index (χ2n) is 12.1. The van der Waals surface area contributed by atoms with Gasteiger partial charge in [0.2, 0.25) is 0 Å². The normalized spacial score (nSPS) is 23.6. The van der Waals surface area contributed by atoms with Gasteiger partial charge in [-0.2, -0.15) is 0 Å². The number of amides is 1. The number of rotatable bonds is 4. The molecular formula is C33H37N3O3. The molecule has 202 valence electrons. The summed E-state index contributed by atoms with van der Waals surface area (Å²) < 4.78 is 5.74. The molecule has 6 rings (SSSR count). The molecule has 3 fully saturated rings. The van der Waals surface area contributed by atoms with Crippen LogP contribution in [0.15, 0.2) is 73.1 Å². The maximum Gasteiger partial charge on any atom is 0.314 e. The molecule has 1 aromatic heterocycles. The van der Waals surface area contributed by atoms with Crippen LogP contribution in [0.2, 0.25) is 0 Å². The maximum atomic E-state index is 13.8. The van der Waals surface area contributed by atoms with Gasteiger partial charge in [0, 0.05) is 55.6 Å². The molecule has 39 heavy (non-hydrogen) atoms. The lowest BCUT2D eigenvalue weighted by Crippen LogP contribution is -2.53. The van der Waals surface area contributed by atoms with Crippen LogP contribution in [0.5, 0.6) is 0 Å². The van der Waals surface area contributed by atoms with E-state index in [0.29, 0.717) is 11.6 Å². The van der Waals surface area contributed by atoms with Crippen molar-refractivity contribution in [2.24, 2.45) is 5.41 Å².